The lowest BCUT2D eigenvalue weighted by Crippen LogP contribution is -1.94. The number of nitrogens with zero attached hydrogens (tertiary/aromatic N) is 1. The number of aromatic nitrogens is 1. The second-order valence-corrected chi connectivity index (χ2v) is 2.91. The molecule has 0 aliphatic carbocycles. The predicted octanol–water partition coefficient (Wildman–Crippen LogP) is 1.58. The zero-order valence-electron chi connectivity index (χ0n) is 5.06. The number of pyridine rings is 1. The summed E-state index contributed by atoms with van der Waals surface area (Å²) in [4.78, 5) is 3.91. The highest BCUT2D eigenvalue weighted by molar-refractivity contribution is 14.1. The average molecular weight is 234 g/mol. The van der Waals surface area contributed by atoms with Crippen molar-refractivity contribution in [2.24, 2.45) is 0 Å². The molecule has 0 bridgehead atoms. The summed E-state index contributed by atoms with van der Waals surface area (Å²) in [6.07, 6.45) is 1.72. The molecule has 0 aromatic carbocycles. The van der Waals surface area contributed by atoms with Gasteiger partial charge >= 0.3 is 0 Å². The third kappa shape index (κ3) is 1.32. The van der Waals surface area contributed by atoms with E-state index in [1.807, 2.05) is 13.0 Å². The maximum Gasteiger partial charge on any atom is 0.137 e. The molecule has 0 atom stereocenters. The number of hydrogen-bond donors (Lipinski definition) is 1. The summed E-state index contributed by atoms with van der Waals surface area (Å²) in [5.74, 6) is 0.621. The van der Waals surface area contributed by atoms with Crippen LogP contribution in [0.5, 0.6) is 0 Å². The van der Waals surface area contributed by atoms with Crippen molar-refractivity contribution in [3.63, 3.8) is 0 Å². The summed E-state index contributed by atoms with van der Waals surface area (Å²) in [5.41, 5.74) is 6.69. The van der Waals surface area contributed by atoms with Crippen molar-refractivity contribution in [3.05, 3.63) is 21.4 Å². The molecule has 1 heterocycles. The summed E-state index contributed by atoms with van der Waals surface area (Å²) in [5, 5.41) is 0. The molecule has 0 aliphatic heterocycles. The molecule has 0 amide bonds. The molecule has 1 rings (SSSR count). The third-order valence-corrected chi connectivity index (χ3v) is 2.51. The van der Waals surface area contributed by atoms with Gasteiger partial charge < -0.3 is 5.73 Å². The largest absolute Gasteiger partial charge is 0.383 e. The summed E-state index contributed by atoms with van der Waals surface area (Å²) in [6, 6.07) is 1.94. The Balaban J connectivity index is 3.25. The van der Waals surface area contributed by atoms with Gasteiger partial charge in [0, 0.05) is 6.20 Å². The fourth-order valence-electron chi connectivity index (χ4n) is 0.561. The molecule has 48 valence electrons. The van der Waals surface area contributed by atoms with Gasteiger partial charge in [-0.05, 0) is 41.1 Å². The van der Waals surface area contributed by atoms with E-state index in [1.54, 1.807) is 6.20 Å². The van der Waals surface area contributed by atoms with Gasteiger partial charge in [-0.1, -0.05) is 0 Å². The van der Waals surface area contributed by atoms with Crippen molar-refractivity contribution < 1.29 is 0 Å². The summed E-state index contributed by atoms with van der Waals surface area (Å²) < 4.78 is 1.05. The Morgan fingerprint density at radius 2 is 2.33 bits per heavy atom. The summed E-state index contributed by atoms with van der Waals surface area (Å²) in [6.45, 7) is 2.01. The lowest BCUT2D eigenvalue weighted by Gasteiger charge is -1.97. The van der Waals surface area contributed by atoms with Crippen molar-refractivity contribution in [1.29, 1.82) is 0 Å². The van der Waals surface area contributed by atoms with E-state index in [1.165, 1.54) is 5.56 Å². The van der Waals surface area contributed by atoms with Crippen molar-refractivity contribution in [2.75, 3.05) is 5.73 Å². The Kier molecular flexibility index (Phi) is 1.90. The van der Waals surface area contributed by atoms with E-state index in [2.05, 4.69) is 27.6 Å². The van der Waals surface area contributed by atoms with Crippen LogP contribution in [-0.2, 0) is 0 Å². The molecule has 3 heteroatoms. The van der Waals surface area contributed by atoms with Gasteiger partial charge in [0.25, 0.3) is 0 Å². The van der Waals surface area contributed by atoms with E-state index < -0.39 is 0 Å². The van der Waals surface area contributed by atoms with Gasteiger partial charge in [-0.2, -0.15) is 0 Å². The number of hydrogen-bond acceptors (Lipinski definition) is 2. The maximum absolute atomic E-state index is 5.50. The number of aryl methyl sites for hydroxylation is 1. The first-order valence-electron chi connectivity index (χ1n) is 2.58. The number of nitrogens with two attached hydrogens (primary N) is 1. The lowest BCUT2D eigenvalue weighted by atomic mass is 10.3. The van der Waals surface area contributed by atoms with Crippen LogP contribution < -0.4 is 5.73 Å². The Morgan fingerprint density at radius 1 is 1.67 bits per heavy atom. The van der Waals surface area contributed by atoms with Crippen molar-refractivity contribution in [3.8, 4) is 0 Å². The molecule has 0 saturated carbocycles. The Labute approximate surface area is 67.6 Å². The topological polar surface area (TPSA) is 38.9 Å². The second kappa shape index (κ2) is 2.51. The molecule has 1 aromatic rings. The standard InChI is InChI=1S/C6H7IN2/c1-4-2-3-9-6(8)5(4)7/h2-3H,1H3,(H2,8,9). The zero-order valence-corrected chi connectivity index (χ0v) is 7.21. The van der Waals surface area contributed by atoms with Crippen LogP contribution >= 0.6 is 22.6 Å². The smallest absolute Gasteiger partial charge is 0.137 e. The van der Waals surface area contributed by atoms with Crippen LogP contribution in [0.4, 0.5) is 5.82 Å². The first-order chi connectivity index (χ1) is 4.22. The van der Waals surface area contributed by atoms with Crippen LogP contribution in [0.3, 0.4) is 0 Å². The first-order valence-corrected chi connectivity index (χ1v) is 3.66. The van der Waals surface area contributed by atoms with Crippen LogP contribution in [0.15, 0.2) is 12.3 Å². The summed E-state index contributed by atoms with van der Waals surface area (Å²) >= 11 is 2.18. The number of nitrogen functional groups attached to an aromatic ring is 1. The van der Waals surface area contributed by atoms with Crippen molar-refractivity contribution in [2.45, 2.75) is 6.92 Å². The van der Waals surface area contributed by atoms with Crippen molar-refractivity contribution in [1.82, 2.24) is 4.98 Å². The highest BCUT2D eigenvalue weighted by Gasteiger charge is 1.96. The van der Waals surface area contributed by atoms with E-state index >= 15 is 0 Å². The number of rotatable bonds is 0. The third-order valence-electron chi connectivity index (χ3n) is 1.11. The van der Waals surface area contributed by atoms with Crippen LogP contribution in [0, 0.1) is 10.5 Å². The van der Waals surface area contributed by atoms with Crippen LogP contribution in [0.25, 0.3) is 0 Å². The monoisotopic (exact) mass is 234 g/mol. The van der Waals surface area contributed by atoms with E-state index in [0.717, 1.165) is 3.57 Å². The number of anilines is 1. The molecule has 1 aromatic heterocycles. The van der Waals surface area contributed by atoms with Gasteiger partial charge in [0.1, 0.15) is 5.82 Å². The van der Waals surface area contributed by atoms with Gasteiger partial charge in [-0.3, -0.25) is 0 Å². The van der Waals surface area contributed by atoms with Crippen LogP contribution in [0.1, 0.15) is 5.56 Å². The molecule has 0 radical (unpaired) electrons. The molecule has 0 aliphatic rings. The predicted molar refractivity (Wildman–Crippen MR) is 46.1 cm³/mol. The molecular formula is C6H7IN2. The van der Waals surface area contributed by atoms with E-state index in [4.69, 9.17) is 5.73 Å². The molecule has 0 saturated heterocycles. The molecule has 9 heavy (non-hydrogen) atoms. The average Bonchev–Trinajstić information content (AvgIpc) is 1.83. The summed E-state index contributed by atoms with van der Waals surface area (Å²) in [7, 11) is 0. The normalized spacial score (nSPS) is 9.56. The zero-order chi connectivity index (χ0) is 6.85. The first kappa shape index (κ1) is 6.80. The Hall–Kier alpha value is -0.320. The highest BCUT2D eigenvalue weighted by atomic mass is 127. The van der Waals surface area contributed by atoms with Crippen molar-refractivity contribution >= 4 is 28.4 Å². The quantitative estimate of drug-likeness (QED) is 0.692. The fraction of sp³-hybridized carbons (Fsp3) is 0.167. The minimum atomic E-state index is 0.621. The Morgan fingerprint density at radius 3 is 2.78 bits per heavy atom. The maximum atomic E-state index is 5.50. The van der Waals surface area contributed by atoms with Gasteiger partial charge in [-0.25, -0.2) is 4.98 Å². The van der Waals surface area contributed by atoms with E-state index in [0.29, 0.717) is 5.82 Å². The molecule has 0 fully saturated rings. The van der Waals surface area contributed by atoms with Gasteiger partial charge in [0.2, 0.25) is 0 Å². The van der Waals surface area contributed by atoms with Crippen LogP contribution in [0.2, 0.25) is 0 Å². The number of halogens is 1. The van der Waals surface area contributed by atoms with Gasteiger partial charge in [0.05, 0.1) is 3.57 Å². The minimum Gasteiger partial charge on any atom is -0.383 e. The lowest BCUT2D eigenvalue weighted by molar-refractivity contribution is 1.27. The molecule has 2 N–H and O–H groups in total. The molecule has 0 spiro atoms. The van der Waals surface area contributed by atoms with E-state index in [9.17, 15) is 0 Å². The minimum absolute atomic E-state index is 0.621. The highest BCUT2D eigenvalue weighted by Crippen LogP contribution is 2.14. The molecular weight excluding hydrogens is 227 g/mol. The van der Waals surface area contributed by atoms with Crippen LogP contribution in [-0.4, -0.2) is 4.98 Å². The molecule has 2 nitrogen and oxygen atoms in total. The SMILES string of the molecule is Cc1ccnc(N)c1I. The Bertz CT molecular complexity index is 202. The molecule has 0 unspecified atom stereocenters. The second-order valence-electron chi connectivity index (χ2n) is 1.83. The van der Waals surface area contributed by atoms with Gasteiger partial charge in [0.15, 0.2) is 0 Å². The van der Waals surface area contributed by atoms with Gasteiger partial charge in [-0.15, -0.1) is 0 Å². The fourth-order valence-corrected chi connectivity index (χ4v) is 0.880. The van der Waals surface area contributed by atoms with E-state index in [-0.39, 0.29) is 0 Å².